The average Bonchev–Trinajstić information content (AvgIpc) is 2.99. The van der Waals surface area contributed by atoms with Crippen LogP contribution in [0.1, 0.15) is 34.1 Å². The second-order valence-corrected chi connectivity index (χ2v) is 6.65. The van der Waals surface area contributed by atoms with Crippen LogP contribution in [0.2, 0.25) is 0 Å². The Kier molecular flexibility index (Phi) is 5.14. The molecule has 0 radical (unpaired) electrons. The number of rotatable bonds is 6. The van der Waals surface area contributed by atoms with Gasteiger partial charge in [0.2, 0.25) is 0 Å². The van der Waals surface area contributed by atoms with E-state index in [1.54, 1.807) is 11.3 Å². The summed E-state index contributed by atoms with van der Waals surface area (Å²) in [6, 6.07) is 4.24. The van der Waals surface area contributed by atoms with Crippen molar-refractivity contribution >= 4 is 33.7 Å². The molecule has 0 aliphatic carbocycles. The Morgan fingerprint density at radius 3 is 2.95 bits per heavy atom. The predicted molar refractivity (Wildman–Crippen MR) is 86.0 cm³/mol. The van der Waals surface area contributed by atoms with E-state index in [0.717, 1.165) is 23.8 Å². The number of aromatic nitrogens is 1. The minimum absolute atomic E-state index is 0.0341. The molecule has 1 amide bonds. The summed E-state index contributed by atoms with van der Waals surface area (Å²) in [6.45, 7) is 6.72. The van der Waals surface area contributed by atoms with Crippen LogP contribution in [0.25, 0.3) is 0 Å². The quantitative estimate of drug-likeness (QED) is 0.861. The zero-order chi connectivity index (χ0) is 14.5. The molecule has 2 rings (SSSR count). The topological polar surface area (TPSA) is 54.0 Å². The maximum absolute atomic E-state index is 12.3. The van der Waals surface area contributed by atoms with E-state index >= 15 is 0 Å². The third kappa shape index (κ3) is 3.80. The fraction of sp³-hybridized carbons (Fsp3) is 0.429. The Bertz CT molecular complexity index is 563. The maximum Gasteiger partial charge on any atom is 0.263 e. The molecule has 6 heteroatoms. The van der Waals surface area contributed by atoms with E-state index in [1.165, 1.54) is 16.2 Å². The second kappa shape index (κ2) is 6.85. The highest BCUT2D eigenvalue weighted by Gasteiger charge is 2.17. The lowest BCUT2D eigenvalue weighted by atomic mass is 10.2. The summed E-state index contributed by atoms with van der Waals surface area (Å²) in [4.78, 5) is 18.6. The molecule has 0 aliphatic heterocycles. The molecule has 0 fully saturated rings. The zero-order valence-electron chi connectivity index (χ0n) is 11.9. The van der Waals surface area contributed by atoms with Crippen molar-refractivity contribution in [1.82, 2.24) is 10.3 Å². The van der Waals surface area contributed by atoms with Crippen LogP contribution in [-0.2, 0) is 6.42 Å². The minimum atomic E-state index is -0.0341. The van der Waals surface area contributed by atoms with Crippen LogP contribution in [0.15, 0.2) is 17.5 Å². The Labute approximate surface area is 127 Å². The van der Waals surface area contributed by atoms with Gasteiger partial charge in [0, 0.05) is 23.9 Å². The van der Waals surface area contributed by atoms with E-state index in [9.17, 15) is 4.79 Å². The fourth-order valence-corrected chi connectivity index (χ4v) is 3.68. The van der Waals surface area contributed by atoms with Crippen molar-refractivity contribution in [3.63, 3.8) is 0 Å². The van der Waals surface area contributed by atoms with Gasteiger partial charge in [-0.1, -0.05) is 17.4 Å². The van der Waals surface area contributed by atoms with E-state index in [2.05, 4.69) is 27.1 Å². The number of hydrogen-bond donors (Lipinski definition) is 2. The third-order valence-electron chi connectivity index (χ3n) is 2.80. The molecule has 0 saturated heterocycles. The van der Waals surface area contributed by atoms with Gasteiger partial charge in [-0.2, -0.15) is 0 Å². The molecule has 0 spiro atoms. The molecule has 20 heavy (non-hydrogen) atoms. The number of carbonyl (C=O) groups is 1. The summed E-state index contributed by atoms with van der Waals surface area (Å²) in [5.41, 5.74) is 0.784. The van der Waals surface area contributed by atoms with Crippen molar-refractivity contribution in [3.05, 3.63) is 33.0 Å². The highest BCUT2D eigenvalue weighted by molar-refractivity contribution is 7.17. The number of amides is 1. The van der Waals surface area contributed by atoms with E-state index in [0.29, 0.717) is 4.88 Å². The van der Waals surface area contributed by atoms with Crippen molar-refractivity contribution in [1.29, 1.82) is 0 Å². The van der Waals surface area contributed by atoms with Gasteiger partial charge < -0.3 is 10.6 Å². The van der Waals surface area contributed by atoms with Crippen LogP contribution in [0.3, 0.4) is 0 Å². The maximum atomic E-state index is 12.3. The SMILES string of the molecule is CCNc1nc(C)c(C(=O)NC(C)Cc2cccs2)s1. The minimum Gasteiger partial charge on any atom is -0.362 e. The molecule has 1 atom stereocenters. The number of hydrogen-bond acceptors (Lipinski definition) is 5. The van der Waals surface area contributed by atoms with Gasteiger partial charge in [-0.05, 0) is 32.2 Å². The molecule has 0 aliphatic rings. The Morgan fingerprint density at radius 2 is 2.30 bits per heavy atom. The highest BCUT2D eigenvalue weighted by atomic mass is 32.1. The van der Waals surface area contributed by atoms with Gasteiger partial charge in [0.05, 0.1) is 5.69 Å². The number of anilines is 1. The molecule has 2 N–H and O–H groups in total. The highest BCUT2D eigenvalue weighted by Crippen LogP contribution is 2.22. The smallest absolute Gasteiger partial charge is 0.263 e. The lowest BCUT2D eigenvalue weighted by Crippen LogP contribution is -2.33. The van der Waals surface area contributed by atoms with Crippen LogP contribution in [0, 0.1) is 6.92 Å². The van der Waals surface area contributed by atoms with Crippen LogP contribution in [-0.4, -0.2) is 23.5 Å². The summed E-state index contributed by atoms with van der Waals surface area (Å²) < 4.78 is 0. The first-order valence-corrected chi connectivity index (χ1v) is 8.34. The lowest BCUT2D eigenvalue weighted by molar-refractivity contribution is 0.0943. The molecule has 0 bridgehead atoms. The van der Waals surface area contributed by atoms with Gasteiger partial charge in [-0.3, -0.25) is 4.79 Å². The Morgan fingerprint density at radius 1 is 1.50 bits per heavy atom. The molecule has 1 unspecified atom stereocenters. The Hall–Kier alpha value is -1.40. The van der Waals surface area contributed by atoms with Gasteiger partial charge in [-0.25, -0.2) is 4.98 Å². The van der Waals surface area contributed by atoms with Crippen molar-refractivity contribution < 1.29 is 4.79 Å². The predicted octanol–water partition coefficient (Wildman–Crippen LogP) is 3.31. The van der Waals surface area contributed by atoms with E-state index in [1.807, 2.05) is 26.8 Å². The van der Waals surface area contributed by atoms with E-state index in [-0.39, 0.29) is 11.9 Å². The van der Waals surface area contributed by atoms with Crippen molar-refractivity contribution in [2.75, 3.05) is 11.9 Å². The van der Waals surface area contributed by atoms with Crippen LogP contribution < -0.4 is 10.6 Å². The largest absolute Gasteiger partial charge is 0.362 e. The van der Waals surface area contributed by atoms with Gasteiger partial charge in [0.1, 0.15) is 4.88 Å². The lowest BCUT2D eigenvalue weighted by Gasteiger charge is -2.12. The van der Waals surface area contributed by atoms with Crippen LogP contribution >= 0.6 is 22.7 Å². The van der Waals surface area contributed by atoms with E-state index in [4.69, 9.17) is 0 Å². The summed E-state index contributed by atoms with van der Waals surface area (Å²) in [5, 5.41) is 9.05. The van der Waals surface area contributed by atoms with Crippen LogP contribution in [0.5, 0.6) is 0 Å². The van der Waals surface area contributed by atoms with Crippen molar-refractivity contribution in [3.8, 4) is 0 Å². The van der Waals surface area contributed by atoms with Gasteiger partial charge in [0.15, 0.2) is 5.13 Å². The molecule has 2 heterocycles. The first-order chi connectivity index (χ1) is 9.60. The molecule has 0 aromatic carbocycles. The van der Waals surface area contributed by atoms with Gasteiger partial charge in [-0.15, -0.1) is 11.3 Å². The fourth-order valence-electron chi connectivity index (χ4n) is 1.90. The monoisotopic (exact) mass is 309 g/mol. The van der Waals surface area contributed by atoms with E-state index < -0.39 is 0 Å². The van der Waals surface area contributed by atoms with Gasteiger partial charge in [0.25, 0.3) is 5.91 Å². The first-order valence-electron chi connectivity index (χ1n) is 6.64. The van der Waals surface area contributed by atoms with Crippen LogP contribution in [0.4, 0.5) is 5.13 Å². The van der Waals surface area contributed by atoms with Crippen molar-refractivity contribution in [2.45, 2.75) is 33.2 Å². The summed E-state index contributed by atoms with van der Waals surface area (Å²) >= 11 is 3.13. The van der Waals surface area contributed by atoms with Crippen molar-refractivity contribution in [2.24, 2.45) is 0 Å². The average molecular weight is 309 g/mol. The standard InChI is InChI=1S/C14H19N3OS2/c1-4-15-14-17-10(3)12(20-14)13(18)16-9(2)8-11-6-5-7-19-11/h5-7,9H,4,8H2,1-3H3,(H,15,17)(H,16,18). The van der Waals surface area contributed by atoms with Gasteiger partial charge >= 0.3 is 0 Å². The first kappa shape index (κ1) is 15.0. The summed E-state index contributed by atoms with van der Waals surface area (Å²) in [7, 11) is 0. The second-order valence-electron chi connectivity index (χ2n) is 4.62. The number of aryl methyl sites for hydroxylation is 1. The third-order valence-corrected chi connectivity index (χ3v) is 4.81. The summed E-state index contributed by atoms with van der Waals surface area (Å²) in [5.74, 6) is -0.0341. The molecular weight excluding hydrogens is 290 g/mol. The molecule has 2 aromatic heterocycles. The molecule has 4 nitrogen and oxygen atoms in total. The normalized spacial score (nSPS) is 12.2. The molecule has 2 aromatic rings. The number of nitrogens with zero attached hydrogens (tertiary/aromatic N) is 1. The number of carbonyl (C=O) groups excluding carboxylic acids is 1. The summed E-state index contributed by atoms with van der Waals surface area (Å²) in [6.07, 6.45) is 0.862. The number of thiophene rings is 1. The number of thiazole rings is 1. The zero-order valence-corrected chi connectivity index (χ0v) is 13.5. The Balaban J connectivity index is 1.97. The molecule has 108 valence electrons. The molecule has 0 saturated carbocycles. The number of nitrogens with one attached hydrogen (secondary N) is 2. The molecular formula is C14H19N3OS2.